The Morgan fingerprint density at radius 2 is 2.17 bits per heavy atom. The predicted octanol–water partition coefficient (Wildman–Crippen LogP) is 2.79. The Hall–Kier alpha value is -1.69. The number of carbonyl (C=O) groups is 1. The van der Waals surface area contributed by atoms with E-state index in [0.717, 1.165) is 31.9 Å². The zero-order valence-corrected chi connectivity index (χ0v) is 14.8. The summed E-state index contributed by atoms with van der Waals surface area (Å²) in [7, 11) is 0. The van der Waals surface area contributed by atoms with Gasteiger partial charge in [-0.15, -0.1) is 0 Å². The quantitative estimate of drug-likeness (QED) is 0.876. The zero-order valence-electron chi connectivity index (χ0n) is 14.0. The van der Waals surface area contributed by atoms with Gasteiger partial charge in [0, 0.05) is 19.6 Å². The van der Waals surface area contributed by atoms with Crippen molar-refractivity contribution in [2.24, 2.45) is 0 Å². The lowest BCUT2D eigenvalue weighted by Gasteiger charge is -2.34. The minimum Gasteiger partial charge on any atom is -0.379 e. The van der Waals surface area contributed by atoms with E-state index in [-0.39, 0.29) is 11.9 Å². The summed E-state index contributed by atoms with van der Waals surface area (Å²) >= 11 is 1.70. The first kappa shape index (κ1) is 17.1. The number of rotatable bonds is 6. The number of carbonyl (C=O) groups excluding carboxylic acids is 1. The number of amides is 1. The van der Waals surface area contributed by atoms with Crippen LogP contribution in [-0.2, 0) is 16.0 Å². The standard InChI is InChI=1S/C19H24N2O2S/c1-15-3-2-4-16(11-15)12-19(22)20-13-18(17-5-10-24-14-17)21-6-8-23-9-7-21/h2-5,10-11,14,18H,6-9,12-13H2,1H3,(H,20,22)/t18-/m0/s1. The van der Waals surface area contributed by atoms with Crippen molar-refractivity contribution in [2.45, 2.75) is 19.4 Å². The van der Waals surface area contributed by atoms with Gasteiger partial charge in [-0.05, 0) is 34.9 Å². The third-order valence-electron chi connectivity index (χ3n) is 4.35. The molecule has 0 aliphatic carbocycles. The Labute approximate surface area is 147 Å². The minimum absolute atomic E-state index is 0.0779. The molecule has 1 N–H and O–H groups in total. The highest BCUT2D eigenvalue weighted by molar-refractivity contribution is 7.07. The Morgan fingerprint density at radius 3 is 2.88 bits per heavy atom. The van der Waals surface area contributed by atoms with Gasteiger partial charge in [0.2, 0.25) is 5.91 Å². The lowest BCUT2D eigenvalue weighted by molar-refractivity contribution is -0.120. The third-order valence-corrected chi connectivity index (χ3v) is 5.06. The molecule has 1 fully saturated rings. The number of nitrogens with zero attached hydrogens (tertiary/aromatic N) is 1. The van der Waals surface area contributed by atoms with Gasteiger partial charge in [-0.2, -0.15) is 11.3 Å². The van der Waals surface area contributed by atoms with E-state index in [2.05, 4.69) is 33.1 Å². The molecule has 5 heteroatoms. The van der Waals surface area contributed by atoms with Crippen molar-refractivity contribution in [2.75, 3.05) is 32.8 Å². The van der Waals surface area contributed by atoms with Crippen LogP contribution in [0.2, 0.25) is 0 Å². The number of thiophene rings is 1. The molecule has 3 rings (SSSR count). The average molecular weight is 344 g/mol. The molecule has 0 unspecified atom stereocenters. The van der Waals surface area contributed by atoms with Gasteiger partial charge < -0.3 is 10.1 Å². The molecule has 0 spiro atoms. The van der Waals surface area contributed by atoms with Crippen molar-refractivity contribution in [1.82, 2.24) is 10.2 Å². The number of benzene rings is 1. The van der Waals surface area contributed by atoms with Crippen LogP contribution in [0.4, 0.5) is 0 Å². The molecule has 2 heterocycles. The van der Waals surface area contributed by atoms with Gasteiger partial charge in [0.25, 0.3) is 0 Å². The van der Waals surface area contributed by atoms with Crippen LogP contribution in [0.3, 0.4) is 0 Å². The van der Waals surface area contributed by atoms with Gasteiger partial charge in [-0.1, -0.05) is 29.8 Å². The highest BCUT2D eigenvalue weighted by Gasteiger charge is 2.23. The van der Waals surface area contributed by atoms with E-state index in [0.29, 0.717) is 13.0 Å². The molecule has 1 atom stereocenters. The zero-order chi connectivity index (χ0) is 16.8. The molecule has 1 aliphatic heterocycles. The van der Waals surface area contributed by atoms with E-state index in [4.69, 9.17) is 4.74 Å². The van der Waals surface area contributed by atoms with E-state index in [1.807, 2.05) is 25.1 Å². The highest BCUT2D eigenvalue weighted by atomic mass is 32.1. The fraction of sp³-hybridized carbons (Fsp3) is 0.421. The summed E-state index contributed by atoms with van der Waals surface area (Å²) in [6.07, 6.45) is 0.432. The summed E-state index contributed by atoms with van der Waals surface area (Å²) < 4.78 is 5.46. The number of ether oxygens (including phenoxy) is 1. The van der Waals surface area contributed by atoms with Crippen LogP contribution < -0.4 is 5.32 Å². The maximum Gasteiger partial charge on any atom is 0.224 e. The van der Waals surface area contributed by atoms with Crippen LogP contribution in [0, 0.1) is 6.92 Å². The molecule has 128 valence electrons. The van der Waals surface area contributed by atoms with Crippen LogP contribution in [0.15, 0.2) is 41.1 Å². The molecular formula is C19H24N2O2S. The van der Waals surface area contributed by atoms with Gasteiger partial charge in [0.05, 0.1) is 25.7 Å². The Morgan fingerprint density at radius 1 is 1.33 bits per heavy atom. The second-order valence-electron chi connectivity index (χ2n) is 6.19. The summed E-state index contributed by atoms with van der Waals surface area (Å²) in [6.45, 7) is 6.03. The largest absolute Gasteiger partial charge is 0.379 e. The summed E-state index contributed by atoms with van der Waals surface area (Å²) in [5.41, 5.74) is 3.52. The molecule has 4 nitrogen and oxygen atoms in total. The SMILES string of the molecule is Cc1cccc(CC(=O)NC[C@@H](c2ccsc2)N2CCOCC2)c1. The fourth-order valence-corrected chi connectivity index (χ4v) is 3.80. The lowest BCUT2D eigenvalue weighted by Crippen LogP contribution is -2.43. The molecule has 1 aromatic heterocycles. The van der Waals surface area contributed by atoms with Gasteiger partial charge in [0.15, 0.2) is 0 Å². The second-order valence-corrected chi connectivity index (χ2v) is 6.97. The van der Waals surface area contributed by atoms with Crippen LogP contribution >= 0.6 is 11.3 Å². The topological polar surface area (TPSA) is 41.6 Å². The molecule has 1 aromatic carbocycles. The molecule has 1 amide bonds. The molecule has 2 aromatic rings. The molecule has 1 aliphatic rings. The molecule has 0 radical (unpaired) electrons. The van der Waals surface area contributed by atoms with Crippen LogP contribution in [0.25, 0.3) is 0 Å². The van der Waals surface area contributed by atoms with Crippen molar-refractivity contribution < 1.29 is 9.53 Å². The van der Waals surface area contributed by atoms with Gasteiger partial charge in [0.1, 0.15) is 0 Å². The van der Waals surface area contributed by atoms with Crippen molar-refractivity contribution in [3.63, 3.8) is 0 Å². The molecule has 24 heavy (non-hydrogen) atoms. The van der Waals surface area contributed by atoms with Gasteiger partial charge in [-0.25, -0.2) is 0 Å². The van der Waals surface area contributed by atoms with Crippen molar-refractivity contribution in [3.05, 3.63) is 57.8 Å². The van der Waals surface area contributed by atoms with Crippen molar-refractivity contribution in [1.29, 1.82) is 0 Å². The van der Waals surface area contributed by atoms with Crippen LogP contribution in [0.1, 0.15) is 22.7 Å². The van der Waals surface area contributed by atoms with Gasteiger partial charge >= 0.3 is 0 Å². The smallest absolute Gasteiger partial charge is 0.224 e. The van der Waals surface area contributed by atoms with Crippen LogP contribution in [0.5, 0.6) is 0 Å². The predicted molar refractivity (Wildman–Crippen MR) is 97.3 cm³/mol. The first-order valence-electron chi connectivity index (χ1n) is 8.38. The number of morpholine rings is 1. The average Bonchev–Trinajstić information content (AvgIpc) is 3.10. The van der Waals surface area contributed by atoms with E-state index in [9.17, 15) is 4.79 Å². The maximum atomic E-state index is 12.3. The Bertz CT molecular complexity index is 651. The Kier molecular flexibility index (Phi) is 6.01. The molecule has 1 saturated heterocycles. The summed E-state index contributed by atoms with van der Waals surface area (Å²) in [4.78, 5) is 14.7. The number of hydrogen-bond acceptors (Lipinski definition) is 4. The lowest BCUT2D eigenvalue weighted by atomic mass is 10.1. The fourth-order valence-electron chi connectivity index (χ4n) is 3.09. The molecule has 0 saturated carbocycles. The Balaban J connectivity index is 1.59. The number of nitrogens with one attached hydrogen (secondary N) is 1. The highest BCUT2D eigenvalue weighted by Crippen LogP contribution is 2.23. The van der Waals surface area contributed by atoms with E-state index in [1.54, 1.807) is 11.3 Å². The first-order chi connectivity index (χ1) is 11.7. The number of aryl methyl sites for hydroxylation is 1. The van der Waals surface area contributed by atoms with Crippen molar-refractivity contribution in [3.8, 4) is 0 Å². The third kappa shape index (κ3) is 4.66. The number of hydrogen-bond donors (Lipinski definition) is 1. The van der Waals surface area contributed by atoms with Crippen LogP contribution in [-0.4, -0.2) is 43.7 Å². The molecular weight excluding hydrogens is 320 g/mol. The minimum atomic E-state index is 0.0779. The molecule has 0 bridgehead atoms. The van der Waals surface area contributed by atoms with E-state index < -0.39 is 0 Å². The van der Waals surface area contributed by atoms with Crippen molar-refractivity contribution >= 4 is 17.2 Å². The summed E-state index contributed by atoms with van der Waals surface area (Å²) in [5.74, 6) is 0.0779. The second kappa shape index (κ2) is 8.42. The van der Waals surface area contributed by atoms with Gasteiger partial charge in [-0.3, -0.25) is 9.69 Å². The monoisotopic (exact) mass is 344 g/mol. The summed E-state index contributed by atoms with van der Waals surface area (Å²) in [5, 5.41) is 7.39. The van der Waals surface area contributed by atoms with E-state index >= 15 is 0 Å². The normalized spacial score (nSPS) is 16.7. The maximum absolute atomic E-state index is 12.3. The van der Waals surface area contributed by atoms with E-state index in [1.165, 1.54) is 11.1 Å². The summed E-state index contributed by atoms with van der Waals surface area (Å²) in [6, 6.07) is 10.5. The first-order valence-corrected chi connectivity index (χ1v) is 9.33.